The Kier molecular flexibility index (Phi) is 15.3. The number of anilines is 1. The molecule has 0 radical (unpaired) electrons. The molecule has 0 aromatic heterocycles. The summed E-state index contributed by atoms with van der Waals surface area (Å²) in [5.41, 5.74) is 0.542. The van der Waals surface area contributed by atoms with Crippen LogP contribution >= 0.6 is 0 Å². The average Bonchev–Trinajstić information content (AvgIpc) is 2.81. The van der Waals surface area contributed by atoms with E-state index in [0.29, 0.717) is 29.4 Å². The summed E-state index contributed by atoms with van der Waals surface area (Å²) >= 11 is 0. The number of benzene rings is 1. The first-order chi connectivity index (χ1) is 15.7. The van der Waals surface area contributed by atoms with Crippen LogP contribution in [0.3, 0.4) is 0 Å². The summed E-state index contributed by atoms with van der Waals surface area (Å²) in [7, 11) is 4.69. The molecule has 0 aliphatic heterocycles. The Labute approximate surface area is 194 Å². The molecule has 178 valence electrons. The second kappa shape index (κ2) is 17.9. The molecular formula is C27H41NO4. The van der Waals surface area contributed by atoms with Gasteiger partial charge in [0, 0.05) is 18.6 Å². The van der Waals surface area contributed by atoms with Crippen LogP contribution in [0.4, 0.5) is 5.69 Å². The number of unbranched alkanes of at least 4 members (excludes halogenated alkanes) is 5. The number of hydrogen-bond acceptors (Lipinski definition) is 4. The summed E-state index contributed by atoms with van der Waals surface area (Å²) in [5, 5.41) is 2.92. The van der Waals surface area contributed by atoms with Gasteiger partial charge in [-0.05, 0) is 38.5 Å². The number of hydrogen-bond donors (Lipinski definition) is 1. The molecule has 0 fully saturated rings. The third kappa shape index (κ3) is 11.6. The minimum atomic E-state index is -0.0343. The van der Waals surface area contributed by atoms with Crippen molar-refractivity contribution in [3.8, 4) is 17.2 Å². The summed E-state index contributed by atoms with van der Waals surface area (Å²) in [6.07, 6.45) is 23.6. The molecule has 32 heavy (non-hydrogen) atoms. The fourth-order valence-electron chi connectivity index (χ4n) is 3.24. The van der Waals surface area contributed by atoms with E-state index >= 15 is 0 Å². The topological polar surface area (TPSA) is 56.8 Å². The normalized spacial score (nSPS) is 11.5. The largest absolute Gasteiger partial charge is 0.496 e. The number of rotatable bonds is 17. The lowest BCUT2D eigenvalue weighted by molar-refractivity contribution is -0.116. The number of ether oxygens (including phenoxy) is 3. The van der Waals surface area contributed by atoms with E-state index in [4.69, 9.17) is 14.2 Å². The molecule has 0 heterocycles. The highest BCUT2D eigenvalue weighted by molar-refractivity contribution is 5.94. The summed E-state index contributed by atoms with van der Waals surface area (Å²) in [5.74, 6) is 1.62. The molecule has 5 heteroatoms. The van der Waals surface area contributed by atoms with E-state index in [1.54, 1.807) is 33.5 Å². The van der Waals surface area contributed by atoms with Gasteiger partial charge in [0.05, 0.1) is 21.3 Å². The summed E-state index contributed by atoms with van der Waals surface area (Å²) in [6, 6.07) is 3.46. The zero-order valence-electron chi connectivity index (χ0n) is 20.3. The van der Waals surface area contributed by atoms with E-state index in [-0.39, 0.29) is 5.91 Å². The average molecular weight is 444 g/mol. The van der Waals surface area contributed by atoms with Gasteiger partial charge in [0.1, 0.15) is 22.9 Å². The maximum atomic E-state index is 12.4. The fraction of sp³-hybridized carbons (Fsp3) is 0.519. The third-order valence-corrected chi connectivity index (χ3v) is 5.03. The first kappa shape index (κ1) is 27.3. The Morgan fingerprint density at radius 3 is 1.94 bits per heavy atom. The van der Waals surface area contributed by atoms with Crippen molar-refractivity contribution < 1.29 is 19.0 Å². The second-order valence-corrected chi connectivity index (χ2v) is 7.56. The lowest BCUT2D eigenvalue weighted by Gasteiger charge is -2.15. The smallest absolute Gasteiger partial charge is 0.224 e. The predicted molar refractivity (Wildman–Crippen MR) is 134 cm³/mol. The van der Waals surface area contributed by atoms with Gasteiger partial charge >= 0.3 is 0 Å². The molecule has 1 amide bonds. The molecule has 0 bridgehead atoms. The number of methoxy groups -OCH3 is 3. The number of carbonyl (C=O) groups excluding carboxylic acids is 1. The van der Waals surface area contributed by atoms with Gasteiger partial charge in [0.2, 0.25) is 5.91 Å². The van der Waals surface area contributed by atoms with Crippen LogP contribution in [0.5, 0.6) is 17.2 Å². The molecule has 0 aliphatic rings. The van der Waals surface area contributed by atoms with Crippen molar-refractivity contribution in [3.05, 3.63) is 48.6 Å². The Balaban J connectivity index is 2.18. The van der Waals surface area contributed by atoms with Gasteiger partial charge in [-0.15, -0.1) is 0 Å². The van der Waals surface area contributed by atoms with Crippen molar-refractivity contribution in [1.29, 1.82) is 0 Å². The van der Waals surface area contributed by atoms with Crippen molar-refractivity contribution in [2.75, 3.05) is 26.6 Å². The monoisotopic (exact) mass is 443 g/mol. The molecule has 1 N–H and O–H groups in total. The van der Waals surface area contributed by atoms with E-state index < -0.39 is 0 Å². The summed E-state index contributed by atoms with van der Waals surface area (Å²) in [4.78, 5) is 12.4. The van der Waals surface area contributed by atoms with Gasteiger partial charge in [0.25, 0.3) is 0 Å². The maximum Gasteiger partial charge on any atom is 0.224 e. The molecule has 1 aromatic rings. The SMILES string of the molecule is CCC=CCC=CCC=CCCCCCCCC(=O)Nc1c(OC)cc(OC)cc1OC. The molecule has 1 rings (SSSR count). The van der Waals surface area contributed by atoms with Gasteiger partial charge < -0.3 is 19.5 Å². The lowest BCUT2D eigenvalue weighted by atomic mass is 10.1. The molecule has 0 aliphatic carbocycles. The number of nitrogens with one attached hydrogen (secondary N) is 1. The zero-order valence-corrected chi connectivity index (χ0v) is 20.3. The molecular weight excluding hydrogens is 402 g/mol. The van der Waals surface area contributed by atoms with E-state index in [0.717, 1.165) is 44.9 Å². The van der Waals surface area contributed by atoms with E-state index in [2.05, 4.69) is 48.7 Å². The van der Waals surface area contributed by atoms with Crippen LogP contribution in [0, 0.1) is 0 Å². The zero-order chi connectivity index (χ0) is 23.4. The van der Waals surface area contributed by atoms with Gasteiger partial charge in [-0.2, -0.15) is 0 Å². The molecule has 0 atom stereocenters. The standard InChI is InChI=1S/C27H41NO4/c1-5-6-7-8-9-10-11-12-13-14-15-16-17-18-19-20-26(29)28-27-24(31-3)21-23(30-2)22-25(27)32-4/h6-7,9-10,12-13,21-22H,5,8,11,14-20H2,1-4H3,(H,28,29). The minimum Gasteiger partial charge on any atom is -0.496 e. The van der Waals surface area contributed by atoms with Crippen LogP contribution in [0.15, 0.2) is 48.6 Å². The van der Waals surface area contributed by atoms with Crippen LogP contribution in [0.1, 0.15) is 71.1 Å². The molecule has 0 spiro atoms. The van der Waals surface area contributed by atoms with E-state index in [9.17, 15) is 4.79 Å². The van der Waals surface area contributed by atoms with Crippen LogP contribution in [-0.4, -0.2) is 27.2 Å². The van der Waals surface area contributed by atoms with E-state index in [1.165, 1.54) is 12.8 Å². The van der Waals surface area contributed by atoms with Crippen molar-refractivity contribution in [2.45, 2.75) is 71.1 Å². The van der Waals surface area contributed by atoms with Crippen molar-refractivity contribution in [2.24, 2.45) is 0 Å². The van der Waals surface area contributed by atoms with Crippen LogP contribution in [0.2, 0.25) is 0 Å². The minimum absolute atomic E-state index is 0.0343. The number of amides is 1. The lowest BCUT2D eigenvalue weighted by Crippen LogP contribution is -2.13. The Hall–Kier alpha value is -2.69. The summed E-state index contributed by atoms with van der Waals surface area (Å²) < 4.78 is 16.0. The Morgan fingerprint density at radius 1 is 0.781 bits per heavy atom. The van der Waals surface area contributed by atoms with E-state index in [1.807, 2.05) is 0 Å². The first-order valence-electron chi connectivity index (χ1n) is 11.7. The highest BCUT2D eigenvalue weighted by Gasteiger charge is 2.15. The first-order valence-corrected chi connectivity index (χ1v) is 11.7. The van der Waals surface area contributed by atoms with Crippen LogP contribution < -0.4 is 19.5 Å². The molecule has 0 unspecified atom stereocenters. The Bertz CT molecular complexity index is 712. The molecule has 1 aromatic carbocycles. The van der Waals surface area contributed by atoms with Gasteiger partial charge in [-0.3, -0.25) is 4.79 Å². The second-order valence-electron chi connectivity index (χ2n) is 7.56. The number of carbonyl (C=O) groups is 1. The Morgan fingerprint density at radius 2 is 1.34 bits per heavy atom. The van der Waals surface area contributed by atoms with Gasteiger partial charge in [-0.25, -0.2) is 0 Å². The van der Waals surface area contributed by atoms with Crippen molar-refractivity contribution >= 4 is 11.6 Å². The fourth-order valence-corrected chi connectivity index (χ4v) is 3.24. The quantitative estimate of drug-likeness (QED) is 0.204. The van der Waals surface area contributed by atoms with Crippen LogP contribution in [0.25, 0.3) is 0 Å². The highest BCUT2D eigenvalue weighted by Crippen LogP contribution is 2.39. The van der Waals surface area contributed by atoms with Gasteiger partial charge in [-0.1, -0.05) is 62.6 Å². The maximum absolute atomic E-state index is 12.4. The van der Waals surface area contributed by atoms with Crippen LogP contribution in [-0.2, 0) is 4.79 Å². The van der Waals surface area contributed by atoms with Gasteiger partial charge in [0.15, 0.2) is 0 Å². The van der Waals surface area contributed by atoms with Crippen molar-refractivity contribution in [3.63, 3.8) is 0 Å². The molecule has 0 saturated carbocycles. The molecule has 0 saturated heterocycles. The third-order valence-electron chi connectivity index (χ3n) is 5.03. The highest BCUT2D eigenvalue weighted by atomic mass is 16.5. The summed E-state index contributed by atoms with van der Waals surface area (Å²) in [6.45, 7) is 2.15. The number of allylic oxidation sites excluding steroid dienone is 6. The molecule has 5 nitrogen and oxygen atoms in total. The van der Waals surface area contributed by atoms with Crippen molar-refractivity contribution in [1.82, 2.24) is 0 Å². The predicted octanol–water partition coefficient (Wildman–Crippen LogP) is 7.24.